The van der Waals surface area contributed by atoms with Gasteiger partial charge in [0.25, 0.3) is 0 Å². The maximum Gasteiger partial charge on any atom is 0.213 e. The third-order valence-electron chi connectivity index (χ3n) is 3.79. The van der Waals surface area contributed by atoms with E-state index in [4.69, 9.17) is 0 Å². The average Bonchev–Trinajstić information content (AvgIpc) is 2.47. The quantitative estimate of drug-likeness (QED) is 0.829. The minimum atomic E-state index is -3.29. The number of sulfonamides is 1. The number of likely N-dealkylation sites (N-methyl/N-ethyl adjacent to an activating group) is 1. The number of anilines is 1. The molecule has 1 aromatic heterocycles. The SMILES string of the molecule is CCS(=O)(=O)N(C)CC1(O)CCCN(c2cnccn2)C1. The first-order valence-corrected chi connectivity index (χ1v) is 8.64. The molecule has 21 heavy (non-hydrogen) atoms. The lowest BCUT2D eigenvalue weighted by atomic mass is 9.93. The molecule has 0 aliphatic carbocycles. The van der Waals surface area contributed by atoms with Gasteiger partial charge in [0.15, 0.2) is 0 Å². The lowest BCUT2D eigenvalue weighted by Crippen LogP contribution is -2.55. The average molecular weight is 314 g/mol. The zero-order chi connectivity index (χ0) is 15.5. The van der Waals surface area contributed by atoms with Crippen molar-refractivity contribution in [2.75, 3.05) is 37.3 Å². The number of rotatable bonds is 5. The Morgan fingerprint density at radius 2 is 2.24 bits per heavy atom. The van der Waals surface area contributed by atoms with Crippen LogP contribution in [0.3, 0.4) is 0 Å². The molecular formula is C13H22N4O3S. The minimum Gasteiger partial charge on any atom is -0.387 e. The van der Waals surface area contributed by atoms with Gasteiger partial charge in [-0.3, -0.25) is 4.98 Å². The van der Waals surface area contributed by atoms with E-state index in [-0.39, 0.29) is 12.3 Å². The van der Waals surface area contributed by atoms with Gasteiger partial charge in [0.05, 0.1) is 17.6 Å². The molecule has 7 nitrogen and oxygen atoms in total. The van der Waals surface area contributed by atoms with Crippen molar-refractivity contribution in [3.8, 4) is 0 Å². The molecule has 118 valence electrons. The minimum absolute atomic E-state index is 0.0352. The van der Waals surface area contributed by atoms with Crippen molar-refractivity contribution in [1.82, 2.24) is 14.3 Å². The fourth-order valence-corrected chi connectivity index (χ4v) is 3.50. The van der Waals surface area contributed by atoms with E-state index in [1.807, 2.05) is 4.90 Å². The second-order valence-corrected chi connectivity index (χ2v) is 7.83. The highest BCUT2D eigenvalue weighted by molar-refractivity contribution is 7.89. The summed E-state index contributed by atoms with van der Waals surface area (Å²) in [4.78, 5) is 10.2. The van der Waals surface area contributed by atoms with Crippen molar-refractivity contribution < 1.29 is 13.5 Å². The van der Waals surface area contributed by atoms with E-state index in [0.717, 1.165) is 13.0 Å². The number of aromatic nitrogens is 2. The molecule has 0 aromatic carbocycles. The molecule has 2 rings (SSSR count). The Hall–Kier alpha value is -1.25. The standard InChI is InChI=1S/C13H22N4O3S/c1-3-21(19,20)16(2)10-13(18)5-4-8-17(11-13)12-9-14-6-7-15-12/h6-7,9,18H,3-5,8,10-11H2,1-2H3. The third-order valence-corrected chi connectivity index (χ3v) is 5.59. The number of piperidine rings is 1. The summed E-state index contributed by atoms with van der Waals surface area (Å²) < 4.78 is 24.9. The maximum atomic E-state index is 11.8. The third kappa shape index (κ3) is 3.90. The van der Waals surface area contributed by atoms with Crippen LogP contribution in [0.25, 0.3) is 0 Å². The van der Waals surface area contributed by atoms with Crippen molar-refractivity contribution in [3.63, 3.8) is 0 Å². The van der Waals surface area contributed by atoms with Gasteiger partial charge in [0.2, 0.25) is 10.0 Å². The molecule has 0 radical (unpaired) electrons. The Kier molecular flexibility index (Phi) is 4.80. The zero-order valence-electron chi connectivity index (χ0n) is 12.4. The number of aliphatic hydroxyl groups is 1. The molecule has 1 aliphatic heterocycles. The molecule has 1 aromatic rings. The van der Waals surface area contributed by atoms with Crippen LogP contribution in [0.1, 0.15) is 19.8 Å². The Labute approximate surface area is 125 Å². The van der Waals surface area contributed by atoms with Gasteiger partial charge in [-0.05, 0) is 19.8 Å². The van der Waals surface area contributed by atoms with Crippen molar-refractivity contribution >= 4 is 15.8 Å². The van der Waals surface area contributed by atoms with Crippen LogP contribution in [0.5, 0.6) is 0 Å². The molecule has 2 heterocycles. The second-order valence-electron chi connectivity index (χ2n) is 5.47. The number of hydrogen-bond donors (Lipinski definition) is 1. The Balaban J connectivity index is 2.09. The van der Waals surface area contributed by atoms with Gasteiger partial charge in [-0.25, -0.2) is 17.7 Å². The molecule has 0 bridgehead atoms. The van der Waals surface area contributed by atoms with Gasteiger partial charge >= 0.3 is 0 Å². The van der Waals surface area contributed by atoms with Gasteiger partial charge in [0, 0.05) is 39.1 Å². The van der Waals surface area contributed by atoms with Crippen LogP contribution in [0.15, 0.2) is 18.6 Å². The fraction of sp³-hybridized carbons (Fsp3) is 0.692. The van der Waals surface area contributed by atoms with Crippen molar-refractivity contribution in [2.24, 2.45) is 0 Å². The highest BCUT2D eigenvalue weighted by Crippen LogP contribution is 2.25. The van der Waals surface area contributed by atoms with Crippen LogP contribution in [0.2, 0.25) is 0 Å². The van der Waals surface area contributed by atoms with Crippen LogP contribution in [-0.4, -0.2) is 65.8 Å². The van der Waals surface area contributed by atoms with Gasteiger partial charge < -0.3 is 10.0 Å². The molecule has 0 saturated carbocycles. The molecule has 0 amide bonds. The maximum absolute atomic E-state index is 11.8. The van der Waals surface area contributed by atoms with E-state index in [2.05, 4.69) is 9.97 Å². The number of nitrogens with zero attached hydrogens (tertiary/aromatic N) is 4. The Morgan fingerprint density at radius 3 is 2.86 bits per heavy atom. The molecular weight excluding hydrogens is 292 g/mol. The Bertz CT molecular complexity index is 566. The van der Waals surface area contributed by atoms with E-state index in [1.165, 1.54) is 11.4 Å². The van der Waals surface area contributed by atoms with Crippen molar-refractivity contribution in [1.29, 1.82) is 0 Å². The van der Waals surface area contributed by atoms with E-state index in [1.54, 1.807) is 25.5 Å². The summed E-state index contributed by atoms with van der Waals surface area (Å²) in [5.74, 6) is 0.740. The molecule has 1 fully saturated rings. The van der Waals surface area contributed by atoms with E-state index < -0.39 is 15.6 Å². The summed E-state index contributed by atoms with van der Waals surface area (Å²) in [5, 5.41) is 10.7. The molecule has 1 N–H and O–H groups in total. The molecule has 1 unspecified atom stereocenters. The number of hydrogen-bond acceptors (Lipinski definition) is 6. The van der Waals surface area contributed by atoms with Gasteiger partial charge in [0.1, 0.15) is 5.82 Å². The van der Waals surface area contributed by atoms with Crippen LogP contribution >= 0.6 is 0 Å². The zero-order valence-corrected chi connectivity index (χ0v) is 13.3. The first kappa shape index (κ1) is 16.1. The van der Waals surface area contributed by atoms with Gasteiger partial charge in [-0.1, -0.05) is 0 Å². The summed E-state index contributed by atoms with van der Waals surface area (Å²) in [7, 11) is -1.78. The second kappa shape index (κ2) is 6.25. The molecule has 1 aliphatic rings. The van der Waals surface area contributed by atoms with Crippen molar-refractivity contribution in [2.45, 2.75) is 25.4 Å². The molecule has 1 saturated heterocycles. The summed E-state index contributed by atoms with van der Waals surface area (Å²) in [6.45, 7) is 2.84. The number of β-amino-alcohol motifs (C(OH)–C–C–N with tert-alkyl or cyclic N) is 1. The van der Waals surface area contributed by atoms with Crippen LogP contribution in [0, 0.1) is 0 Å². The first-order chi connectivity index (χ1) is 9.86. The normalized spacial score (nSPS) is 23.5. The largest absolute Gasteiger partial charge is 0.387 e. The summed E-state index contributed by atoms with van der Waals surface area (Å²) in [6, 6.07) is 0. The van der Waals surface area contributed by atoms with E-state index in [9.17, 15) is 13.5 Å². The summed E-state index contributed by atoms with van der Waals surface area (Å²) >= 11 is 0. The van der Waals surface area contributed by atoms with Gasteiger partial charge in [-0.2, -0.15) is 0 Å². The first-order valence-electron chi connectivity index (χ1n) is 7.04. The van der Waals surface area contributed by atoms with Crippen molar-refractivity contribution in [3.05, 3.63) is 18.6 Å². The summed E-state index contributed by atoms with van der Waals surface area (Å²) in [6.07, 6.45) is 6.22. The highest BCUT2D eigenvalue weighted by atomic mass is 32.2. The van der Waals surface area contributed by atoms with Crippen LogP contribution in [0.4, 0.5) is 5.82 Å². The fourth-order valence-electron chi connectivity index (χ4n) is 2.62. The van der Waals surface area contributed by atoms with Gasteiger partial charge in [-0.15, -0.1) is 0 Å². The molecule has 0 spiro atoms. The van der Waals surface area contributed by atoms with E-state index in [0.29, 0.717) is 18.8 Å². The molecule has 8 heteroatoms. The van der Waals surface area contributed by atoms with Crippen LogP contribution < -0.4 is 4.90 Å². The monoisotopic (exact) mass is 314 g/mol. The highest BCUT2D eigenvalue weighted by Gasteiger charge is 2.37. The lowest BCUT2D eigenvalue weighted by Gasteiger charge is -2.41. The smallest absolute Gasteiger partial charge is 0.213 e. The molecule has 1 atom stereocenters. The predicted octanol–water partition coefficient (Wildman–Crippen LogP) is 0.0894. The lowest BCUT2D eigenvalue weighted by molar-refractivity contribution is 0.0131. The predicted molar refractivity (Wildman–Crippen MR) is 80.5 cm³/mol. The van der Waals surface area contributed by atoms with Crippen LogP contribution in [-0.2, 0) is 10.0 Å². The van der Waals surface area contributed by atoms with E-state index >= 15 is 0 Å². The Morgan fingerprint density at radius 1 is 1.48 bits per heavy atom. The topological polar surface area (TPSA) is 86.6 Å². The summed E-state index contributed by atoms with van der Waals surface area (Å²) in [5.41, 5.74) is -1.06.